The molecule has 2 N–H and O–H groups in total. The van der Waals surface area contributed by atoms with Gasteiger partial charge in [0.25, 0.3) is 0 Å². The Bertz CT molecular complexity index is 833. The van der Waals surface area contributed by atoms with E-state index in [1.165, 1.54) is 5.57 Å². The van der Waals surface area contributed by atoms with Crippen LogP contribution in [0.2, 0.25) is 0 Å². The Kier molecular flexibility index (Phi) is 6.44. The fourth-order valence-electron chi connectivity index (χ4n) is 4.07. The quantitative estimate of drug-likeness (QED) is 0.436. The van der Waals surface area contributed by atoms with Crippen molar-refractivity contribution in [1.29, 1.82) is 5.41 Å². The van der Waals surface area contributed by atoms with Crippen molar-refractivity contribution >= 4 is 17.5 Å². The van der Waals surface area contributed by atoms with Gasteiger partial charge in [-0.05, 0) is 24.5 Å². The van der Waals surface area contributed by atoms with Crippen LogP contribution in [0.1, 0.15) is 30.4 Å². The van der Waals surface area contributed by atoms with Gasteiger partial charge in [0.05, 0.1) is 25.5 Å². The van der Waals surface area contributed by atoms with Crippen LogP contribution >= 0.6 is 0 Å². The fraction of sp³-hybridized carbons (Fsp3) is 0.500. The number of benzene rings is 1. The Balaban J connectivity index is 1.30. The third-order valence-electron chi connectivity index (χ3n) is 5.79. The van der Waals surface area contributed by atoms with Crippen molar-refractivity contribution in [2.24, 2.45) is 5.16 Å². The number of carboxylic acids is 1. The summed E-state index contributed by atoms with van der Waals surface area (Å²) >= 11 is 0. The maximum atomic E-state index is 10.8. The standard InChI is InChI=1S/C22H28N4O4/c23-22(26-9-11-29-12-10-26)18-3-1-17(2-4-18)20-14-19(30-24-20)13-16-5-7-25(8-6-16)15-21(27)28/h1-4,13,19,23H,5-12,14-15H2,(H,27,28). The minimum atomic E-state index is -0.773. The van der Waals surface area contributed by atoms with Gasteiger partial charge in [0.1, 0.15) is 5.84 Å². The first-order chi connectivity index (χ1) is 14.6. The molecule has 160 valence electrons. The van der Waals surface area contributed by atoms with Crippen LogP contribution in [0.25, 0.3) is 0 Å². The molecule has 1 unspecified atom stereocenters. The molecule has 0 spiro atoms. The first-order valence-electron chi connectivity index (χ1n) is 10.5. The van der Waals surface area contributed by atoms with Crippen molar-refractivity contribution in [3.8, 4) is 0 Å². The van der Waals surface area contributed by atoms with Gasteiger partial charge in [-0.3, -0.25) is 15.1 Å². The highest BCUT2D eigenvalue weighted by atomic mass is 16.6. The Morgan fingerprint density at radius 1 is 1.17 bits per heavy atom. The van der Waals surface area contributed by atoms with Crippen molar-refractivity contribution in [2.75, 3.05) is 45.9 Å². The van der Waals surface area contributed by atoms with E-state index >= 15 is 0 Å². The summed E-state index contributed by atoms with van der Waals surface area (Å²) in [6.07, 6.45) is 4.56. The van der Waals surface area contributed by atoms with E-state index in [0.29, 0.717) is 19.0 Å². The van der Waals surface area contributed by atoms with Crippen LogP contribution in [-0.2, 0) is 14.4 Å². The normalized spacial score (nSPS) is 22.4. The summed E-state index contributed by atoms with van der Waals surface area (Å²) in [4.78, 5) is 20.5. The molecule has 0 aliphatic carbocycles. The third kappa shape index (κ3) is 5.06. The molecule has 0 saturated carbocycles. The predicted octanol–water partition coefficient (Wildman–Crippen LogP) is 1.94. The van der Waals surface area contributed by atoms with Crippen LogP contribution in [0.5, 0.6) is 0 Å². The average Bonchev–Trinajstić information content (AvgIpc) is 3.23. The average molecular weight is 412 g/mol. The van der Waals surface area contributed by atoms with Gasteiger partial charge >= 0.3 is 5.97 Å². The summed E-state index contributed by atoms with van der Waals surface area (Å²) in [5.41, 5.74) is 4.15. The molecule has 0 amide bonds. The maximum Gasteiger partial charge on any atom is 0.317 e. The molecule has 3 heterocycles. The van der Waals surface area contributed by atoms with Crippen LogP contribution in [0.15, 0.2) is 41.1 Å². The largest absolute Gasteiger partial charge is 0.480 e. The molecule has 4 rings (SSSR count). The predicted molar refractivity (Wildman–Crippen MR) is 113 cm³/mol. The van der Waals surface area contributed by atoms with Gasteiger partial charge in [0.2, 0.25) is 0 Å². The molecule has 0 radical (unpaired) electrons. The first kappa shape index (κ1) is 20.6. The number of carbonyl (C=O) groups is 1. The molecule has 3 aliphatic heterocycles. The van der Waals surface area contributed by atoms with E-state index in [1.807, 2.05) is 34.1 Å². The summed E-state index contributed by atoms with van der Waals surface area (Å²) < 4.78 is 5.36. The number of nitrogens with zero attached hydrogens (tertiary/aromatic N) is 3. The van der Waals surface area contributed by atoms with Crippen LogP contribution in [0.4, 0.5) is 0 Å². The van der Waals surface area contributed by atoms with E-state index in [2.05, 4.69) is 11.2 Å². The molecule has 1 atom stereocenters. The summed E-state index contributed by atoms with van der Waals surface area (Å²) in [6.45, 7) is 4.51. The molecule has 1 aromatic rings. The highest BCUT2D eigenvalue weighted by Crippen LogP contribution is 2.23. The van der Waals surface area contributed by atoms with Gasteiger partial charge in [-0.2, -0.15) is 0 Å². The van der Waals surface area contributed by atoms with Crippen LogP contribution in [-0.4, -0.2) is 84.5 Å². The molecular formula is C22H28N4O4. The molecule has 0 bridgehead atoms. The number of ether oxygens (including phenoxy) is 1. The molecule has 1 aromatic carbocycles. The lowest BCUT2D eigenvalue weighted by Crippen LogP contribution is -2.40. The van der Waals surface area contributed by atoms with Crippen molar-refractivity contribution in [3.05, 3.63) is 47.0 Å². The number of hydrogen-bond acceptors (Lipinski definition) is 6. The molecule has 0 aromatic heterocycles. The minimum absolute atomic E-state index is 0.0626. The van der Waals surface area contributed by atoms with E-state index in [0.717, 1.165) is 62.3 Å². The number of likely N-dealkylation sites (tertiary alicyclic amines) is 1. The second-order valence-electron chi connectivity index (χ2n) is 7.91. The number of hydrogen-bond donors (Lipinski definition) is 2. The Hall–Kier alpha value is -2.71. The van der Waals surface area contributed by atoms with Gasteiger partial charge in [-0.25, -0.2) is 0 Å². The number of morpholine rings is 1. The van der Waals surface area contributed by atoms with E-state index in [4.69, 9.17) is 20.1 Å². The third-order valence-corrected chi connectivity index (χ3v) is 5.79. The summed E-state index contributed by atoms with van der Waals surface area (Å²) in [7, 11) is 0. The number of nitrogens with one attached hydrogen (secondary N) is 1. The molecule has 3 aliphatic rings. The van der Waals surface area contributed by atoms with Gasteiger partial charge in [-0.1, -0.05) is 35.0 Å². The first-order valence-corrected chi connectivity index (χ1v) is 10.5. The second-order valence-corrected chi connectivity index (χ2v) is 7.91. The van der Waals surface area contributed by atoms with Crippen molar-refractivity contribution in [3.63, 3.8) is 0 Å². The Morgan fingerprint density at radius 2 is 1.87 bits per heavy atom. The second kappa shape index (κ2) is 9.40. The Morgan fingerprint density at radius 3 is 2.53 bits per heavy atom. The van der Waals surface area contributed by atoms with Gasteiger partial charge in [0, 0.05) is 38.2 Å². The topological polar surface area (TPSA) is 98.5 Å². The van der Waals surface area contributed by atoms with E-state index in [9.17, 15) is 4.79 Å². The van der Waals surface area contributed by atoms with E-state index in [1.54, 1.807) is 0 Å². The molecule has 2 saturated heterocycles. The number of aliphatic carboxylic acids is 1. The zero-order valence-corrected chi connectivity index (χ0v) is 17.0. The number of rotatable bonds is 5. The lowest BCUT2D eigenvalue weighted by Gasteiger charge is -2.29. The van der Waals surface area contributed by atoms with Crippen molar-refractivity contribution < 1.29 is 19.5 Å². The number of amidine groups is 1. The minimum Gasteiger partial charge on any atom is -0.480 e. The van der Waals surface area contributed by atoms with Crippen LogP contribution < -0.4 is 0 Å². The highest BCUT2D eigenvalue weighted by molar-refractivity contribution is 6.03. The van der Waals surface area contributed by atoms with Crippen LogP contribution in [0, 0.1) is 5.41 Å². The van der Waals surface area contributed by atoms with Crippen molar-refractivity contribution in [1.82, 2.24) is 9.80 Å². The number of piperidine rings is 1. The molecule has 30 heavy (non-hydrogen) atoms. The highest BCUT2D eigenvalue weighted by Gasteiger charge is 2.23. The van der Waals surface area contributed by atoms with Crippen molar-refractivity contribution in [2.45, 2.75) is 25.4 Å². The lowest BCUT2D eigenvalue weighted by molar-refractivity contribution is -0.138. The molecule has 2 fully saturated rings. The number of oxime groups is 1. The van der Waals surface area contributed by atoms with E-state index in [-0.39, 0.29) is 12.6 Å². The maximum absolute atomic E-state index is 10.8. The summed E-state index contributed by atoms with van der Waals surface area (Å²) in [5, 5.41) is 21.6. The summed E-state index contributed by atoms with van der Waals surface area (Å²) in [6, 6.07) is 7.96. The summed E-state index contributed by atoms with van der Waals surface area (Å²) in [5.74, 6) is -0.239. The van der Waals surface area contributed by atoms with Gasteiger partial charge < -0.3 is 19.6 Å². The lowest BCUT2D eigenvalue weighted by atomic mass is 9.98. The fourth-order valence-corrected chi connectivity index (χ4v) is 4.07. The smallest absolute Gasteiger partial charge is 0.317 e. The molecule has 8 nitrogen and oxygen atoms in total. The van der Waals surface area contributed by atoms with Crippen LogP contribution in [0.3, 0.4) is 0 Å². The SMILES string of the molecule is N=C(c1ccc(C2=NOC(C=C3CCN(CC(=O)O)CC3)C2)cc1)N1CCOCC1. The molecular weight excluding hydrogens is 384 g/mol. The van der Waals surface area contributed by atoms with Gasteiger partial charge in [-0.15, -0.1) is 0 Å². The van der Waals surface area contributed by atoms with Gasteiger partial charge in [0.15, 0.2) is 6.10 Å². The monoisotopic (exact) mass is 412 g/mol. The zero-order valence-electron chi connectivity index (χ0n) is 17.0. The number of carboxylic acid groups (broad SMARTS) is 1. The Labute approximate surface area is 176 Å². The van der Waals surface area contributed by atoms with E-state index < -0.39 is 5.97 Å². The zero-order chi connectivity index (χ0) is 20.9. The molecule has 8 heteroatoms.